The molecule has 1 saturated heterocycles. The van der Waals surface area contributed by atoms with Crippen molar-refractivity contribution in [2.75, 3.05) is 27.4 Å². The van der Waals surface area contributed by atoms with Crippen LogP contribution in [0.25, 0.3) is 0 Å². The second-order valence-electron chi connectivity index (χ2n) is 5.30. The second-order valence-corrected chi connectivity index (χ2v) is 5.30. The Morgan fingerprint density at radius 1 is 1.18 bits per heavy atom. The number of hydrogen-bond acceptors (Lipinski definition) is 6. The van der Waals surface area contributed by atoms with Crippen LogP contribution in [0, 0.1) is 0 Å². The van der Waals surface area contributed by atoms with Crippen LogP contribution in [-0.4, -0.2) is 37.6 Å². The molecule has 0 aliphatic carbocycles. The Hall–Kier alpha value is -2.08. The predicted octanol–water partition coefficient (Wildman–Crippen LogP) is 2.38. The Morgan fingerprint density at radius 3 is 2.77 bits per heavy atom. The molecule has 0 saturated carbocycles. The number of nitrogens with zero attached hydrogens (tertiary/aromatic N) is 2. The molecule has 0 radical (unpaired) electrons. The molecule has 1 aliphatic heterocycles. The van der Waals surface area contributed by atoms with E-state index < -0.39 is 0 Å². The molecule has 0 bridgehead atoms. The topological polar surface area (TPSA) is 66.6 Å². The van der Waals surface area contributed by atoms with Crippen molar-refractivity contribution in [3.05, 3.63) is 35.5 Å². The lowest BCUT2D eigenvalue weighted by Gasteiger charge is -2.08. The van der Waals surface area contributed by atoms with Crippen LogP contribution in [0.5, 0.6) is 11.5 Å². The SMILES string of the molecule is COc1ccc(CCc2nc(C3CCOC3)no2)cc1OC. The zero-order chi connectivity index (χ0) is 15.4. The molecule has 0 spiro atoms. The van der Waals surface area contributed by atoms with Crippen molar-refractivity contribution in [3.8, 4) is 11.5 Å². The summed E-state index contributed by atoms with van der Waals surface area (Å²) in [5, 5.41) is 4.06. The van der Waals surface area contributed by atoms with Gasteiger partial charge in [0.1, 0.15) is 0 Å². The summed E-state index contributed by atoms with van der Waals surface area (Å²) in [6.07, 6.45) is 2.48. The van der Waals surface area contributed by atoms with E-state index in [2.05, 4.69) is 10.1 Å². The maximum absolute atomic E-state index is 5.35. The van der Waals surface area contributed by atoms with E-state index in [0.29, 0.717) is 18.9 Å². The Kier molecular flexibility index (Phi) is 4.58. The van der Waals surface area contributed by atoms with Crippen molar-refractivity contribution >= 4 is 0 Å². The maximum Gasteiger partial charge on any atom is 0.226 e. The smallest absolute Gasteiger partial charge is 0.226 e. The molecule has 22 heavy (non-hydrogen) atoms. The fourth-order valence-corrected chi connectivity index (χ4v) is 2.56. The van der Waals surface area contributed by atoms with Crippen LogP contribution in [0.1, 0.15) is 29.6 Å². The van der Waals surface area contributed by atoms with Gasteiger partial charge in [0.25, 0.3) is 0 Å². The van der Waals surface area contributed by atoms with Crippen molar-refractivity contribution in [3.63, 3.8) is 0 Å². The molecule has 0 N–H and O–H groups in total. The third-order valence-corrected chi connectivity index (χ3v) is 3.85. The van der Waals surface area contributed by atoms with Gasteiger partial charge in [-0.2, -0.15) is 4.98 Å². The number of rotatable bonds is 6. The van der Waals surface area contributed by atoms with Crippen molar-refractivity contribution < 1.29 is 18.7 Å². The van der Waals surface area contributed by atoms with E-state index in [-0.39, 0.29) is 5.92 Å². The third-order valence-electron chi connectivity index (χ3n) is 3.85. The van der Waals surface area contributed by atoms with Crippen LogP contribution in [0.3, 0.4) is 0 Å². The average molecular weight is 304 g/mol. The van der Waals surface area contributed by atoms with Crippen LogP contribution in [0.2, 0.25) is 0 Å². The van der Waals surface area contributed by atoms with Crippen LogP contribution >= 0.6 is 0 Å². The molecule has 118 valence electrons. The van der Waals surface area contributed by atoms with E-state index in [4.69, 9.17) is 18.7 Å². The second kappa shape index (κ2) is 6.79. The summed E-state index contributed by atoms with van der Waals surface area (Å²) in [6, 6.07) is 5.90. The van der Waals surface area contributed by atoms with Gasteiger partial charge >= 0.3 is 0 Å². The Morgan fingerprint density at radius 2 is 2.05 bits per heavy atom. The lowest BCUT2D eigenvalue weighted by molar-refractivity contribution is 0.192. The first-order valence-electron chi connectivity index (χ1n) is 7.41. The summed E-state index contributed by atoms with van der Waals surface area (Å²) >= 11 is 0. The highest BCUT2D eigenvalue weighted by atomic mass is 16.5. The van der Waals surface area contributed by atoms with Gasteiger partial charge in [0.05, 0.1) is 20.8 Å². The molecule has 3 rings (SSSR count). The van der Waals surface area contributed by atoms with E-state index in [9.17, 15) is 0 Å². The van der Waals surface area contributed by atoms with Gasteiger partial charge in [-0.05, 0) is 30.5 Å². The minimum atomic E-state index is 0.276. The molecule has 2 aromatic rings. The van der Waals surface area contributed by atoms with Gasteiger partial charge in [-0.1, -0.05) is 11.2 Å². The maximum atomic E-state index is 5.35. The lowest BCUT2D eigenvalue weighted by Crippen LogP contribution is -2.00. The zero-order valence-electron chi connectivity index (χ0n) is 12.9. The number of benzene rings is 1. The molecule has 1 atom stereocenters. The first-order valence-corrected chi connectivity index (χ1v) is 7.41. The average Bonchev–Trinajstić information content (AvgIpc) is 3.23. The standard InChI is InChI=1S/C16H20N2O4/c1-19-13-5-3-11(9-14(13)20-2)4-6-15-17-16(18-22-15)12-7-8-21-10-12/h3,5,9,12H,4,6-8,10H2,1-2H3. The number of methoxy groups -OCH3 is 2. The summed E-state index contributed by atoms with van der Waals surface area (Å²) in [5.41, 5.74) is 1.14. The van der Waals surface area contributed by atoms with Gasteiger partial charge in [0.2, 0.25) is 5.89 Å². The van der Waals surface area contributed by atoms with Gasteiger partial charge in [-0.15, -0.1) is 0 Å². The fraction of sp³-hybridized carbons (Fsp3) is 0.500. The summed E-state index contributed by atoms with van der Waals surface area (Å²) in [4.78, 5) is 4.47. The molecule has 6 heteroatoms. The van der Waals surface area contributed by atoms with Gasteiger partial charge in [0.15, 0.2) is 17.3 Å². The number of ether oxygens (including phenoxy) is 3. The quantitative estimate of drug-likeness (QED) is 0.816. The van der Waals surface area contributed by atoms with Crippen LogP contribution < -0.4 is 9.47 Å². The van der Waals surface area contributed by atoms with Crippen molar-refractivity contribution in [1.29, 1.82) is 0 Å². The fourth-order valence-electron chi connectivity index (χ4n) is 2.56. The highest BCUT2D eigenvalue weighted by Gasteiger charge is 2.23. The van der Waals surface area contributed by atoms with E-state index in [0.717, 1.165) is 42.3 Å². The number of aromatic nitrogens is 2. The summed E-state index contributed by atoms with van der Waals surface area (Å²) in [6.45, 7) is 1.47. The van der Waals surface area contributed by atoms with Crippen LogP contribution in [0.15, 0.2) is 22.7 Å². The molecule has 1 aromatic heterocycles. The third kappa shape index (κ3) is 3.22. The molecule has 1 aromatic carbocycles. The Balaban J connectivity index is 1.62. The highest BCUT2D eigenvalue weighted by Crippen LogP contribution is 2.28. The first kappa shape index (κ1) is 14.8. The van der Waals surface area contributed by atoms with Gasteiger partial charge in [0, 0.05) is 18.9 Å². The molecule has 1 fully saturated rings. The van der Waals surface area contributed by atoms with Gasteiger partial charge in [-0.25, -0.2) is 0 Å². The van der Waals surface area contributed by atoms with Gasteiger partial charge in [-0.3, -0.25) is 0 Å². The van der Waals surface area contributed by atoms with Gasteiger partial charge < -0.3 is 18.7 Å². The minimum Gasteiger partial charge on any atom is -0.493 e. The molecular formula is C16H20N2O4. The molecule has 2 heterocycles. The molecule has 1 aliphatic rings. The summed E-state index contributed by atoms with van der Waals surface area (Å²) < 4.78 is 21.2. The molecule has 6 nitrogen and oxygen atoms in total. The predicted molar refractivity (Wildman–Crippen MR) is 79.4 cm³/mol. The van der Waals surface area contributed by atoms with Crippen molar-refractivity contribution in [2.24, 2.45) is 0 Å². The normalized spacial score (nSPS) is 17.6. The summed E-state index contributed by atoms with van der Waals surface area (Å²) in [7, 11) is 3.26. The summed E-state index contributed by atoms with van der Waals surface area (Å²) in [5.74, 6) is 3.16. The molecule has 0 amide bonds. The van der Waals surface area contributed by atoms with E-state index in [1.54, 1.807) is 14.2 Å². The monoisotopic (exact) mass is 304 g/mol. The Bertz CT molecular complexity index is 620. The van der Waals surface area contributed by atoms with Crippen LogP contribution in [0.4, 0.5) is 0 Å². The number of aryl methyl sites for hydroxylation is 2. The van der Waals surface area contributed by atoms with Crippen molar-refractivity contribution in [2.45, 2.75) is 25.2 Å². The number of hydrogen-bond donors (Lipinski definition) is 0. The molecular weight excluding hydrogens is 284 g/mol. The van der Waals surface area contributed by atoms with E-state index in [1.165, 1.54) is 0 Å². The van der Waals surface area contributed by atoms with E-state index >= 15 is 0 Å². The molecule has 1 unspecified atom stereocenters. The van der Waals surface area contributed by atoms with Crippen molar-refractivity contribution in [1.82, 2.24) is 10.1 Å². The van der Waals surface area contributed by atoms with E-state index in [1.807, 2.05) is 18.2 Å². The van der Waals surface area contributed by atoms with Crippen LogP contribution in [-0.2, 0) is 17.6 Å². The lowest BCUT2D eigenvalue weighted by atomic mass is 10.1. The highest BCUT2D eigenvalue weighted by molar-refractivity contribution is 5.42. The minimum absolute atomic E-state index is 0.276. The first-order chi connectivity index (χ1) is 10.8. The Labute approximate surface area is 129 Å². The zero-order valence-corrected chi connectivity index (χ0v) is 12.9. The largest absolute Gasteiger partial charge is 0.493 e.